The summed E-state index contributed by atoms with van der Waals surface area (Å²) in [7, 11) is 0. The van der Waals surface area contributed by atoms with Crippen molar-refractivity contribution in [2.45, 2.75) is 46.3 Å². The maximum absolute atomic E-state index is 11.9. The van der Waals surface area contributed by atoms with Gasteiger partial charge in [-0.05, 0) is 0 Å². The van der Waals surface area contributed by atoms with Crippen molar-refractivity contribution in [2.24, 2.45) is 10.8 Å². The average molecular weight is 212 g/mol. The first kappa shape index (κ1) is 13.9. The van der Waals surface area contributed by atoms with Crippen LogP contribution < -0.4 is 0 Å². The predicted octanol–water partition coefficient (Wildman–Crippen LogP) is 1.64. The molecule has 0 saturated heterocycles. The van der Waals surface area contributed by atoms with E-state index in [1.807, 2.05) is 41.5 Å². The van der Waals surface area contributed by atoms with E-state index in [0.717, 1.165) is 0 Å². The molecule has 0 bridgehead atoms. The van der Waals surface area contributed by atoms with Crippen molar-refractivity contribution >= 4 is 27.9 Å². The van der Waals surface area contributed by atoms with E-state index in [1.165, 1.54) is 0 Å². The van der Waals surface area contributed by atoms with Crippen LogP contribution in [0.4, 0.5) is 0 Å². The van der Waals surface area contributed by atoms with Crippen LogP contribution in [-0.4, -0.2) is 27.9 Å². The molecule has 0 atom stereocenters. The van der Waals surface area contributed by atoms with Crippen LogP contribution >= 0.6 is 0 Å². The Bertz CT molecular complexity index is 217. The molecule has 2 nitrogen and oxygen atoms in total. The van der Waals surface area contributed by atoms with Crippen molar-refractivity contribution < 1.29 is 9.59 Å². The molecule has 0 aliphatic carbocycles. The Morgan fingerprint density at radius 1 is 0.857 bits per heavy atom. The lowest BCUT2D eigenvalue weighted by atomic mass is 9.81. The van der Waals surface area contributed by atoms with Crippen molar-refractivity contribution in [1.82, 2.24) is 0 Å². The molecule has 0 aromatic carbocycles. The molecule has 0 heterocycles. The predicted molar refractivity (Wildman–Crippen MR) is 61.2 cm³/mol. The van der Waals surface area contributed by atoms with Crippen LogP contribution in [-0.2, 0) is 9.59 Å². The summed E-state index contributed by atoms with van der Waals surface area (Å²) in [6.45, 7) is 11.2. The summed E-state index contributed by atoms with van der Waals surface area (Å²) in [5.74, 6) is 0.174. The third-order valence-electron chi connectivity index (χ3n) is 2.26. The lowest BCUT2D eigenvalue weighted by Crippen LogP contribution is -2.35. The van der Waals surface area contributed by atoms with E-state index in [9.17, 15) is 9.59 Å². The minimum atomic E-state index is -0.396. The first-order chi connectivity index (χ1) is 5.98. The summed E-state index contributed by atoms with van der Waals surface area (Å²) in [6, 6.07) is 0. The zero-order valence-corrected chi connectivity index (χ0v) is 12.4. The van der Waals surface area contributed by atoms with Crippen LogP contribution in [0.15, 0.2) is 0 Å². The highest BCUT2D eigenvalue weighted by atomic mass is 27.0. The first-order valence-electron chi connectivity index (χ1n) is 5.06. The Morgan fingerprint density at radius 3 is 1.21 bits per heavy atom. The minimum Gasteiger partial charge on any atom is -0.300 e. The van der Waals surface area contributed by atoms with E-state index < -0.39 is 10.8 Å². The van der Waals surface area contributed by atoms with Gasteiger partial charge in [0, 0.05) is 15.6 Å². The SMILES string of the molecule is CC(C)(C)C(=O)[CH]([AlH2])C(=O)C(C)(C)C. The van der Waals surface area contributed by atoms with Gasteiger partial charge in [0.2, 0.25) is 16.3 Å². The van der Waals surface area contributed by atoms with Crippen molar-refractivity contribution in [3.8, 4) is 0 Å². The van der Waals surface area contributed by atoms with E-state index in [0.29, 0.717) is 16.3 Å². The van der Waals surface area contributed by atoms with Crippen LogP contribution in [0.1, 0.15) is 41.5 Å². The van der Waals surface area contributed by atoms with Crippen molar-refractivity contribution in [2.75, 3.05) is 0 Å². The molecule has 0 aliphatic heterocycles. The third-order valence-corrected chi connectivity index (χ3v) is 3.31. The molecule has 0 unspecified atom stereocenters. The number of Topliss-reactive ketones (excluding diaryl/α,β-unsaturated/α-hetero) is 2. The van der Waals surface area contributed by atoms with Gasteiger partial charge in [0.15, 0.2) is 0 Å². The lowest BCUT2D eigenvalue weighted by molar-refractivity contribution is -0.135. The van der Waals surface area contributed by atoms with Gasteiger partial charge in [0.05, 0.1) is 0 Å². The first-order valence-corrected chi connectivity index (χ1v) is 6.22. The molecule has 0 N–H and O–H groups in total. The standard InChI is InChI=1S/C11H19O2.Al.2H/c1-10(2,3)8(12)7-9(13)11(4,5)6;;;/h7H,1-6H3;;;. The zero-order chi connectivity index (χ0) is 11.7. The molecule has 80 valence electrons. The molecule has 0 rings (SSSR count). The van der Waals surface area contributed by atoms with Gasteiger partial charge in [-0.25, -0.2) is 0 Å². The smallest absolute Gasteiger partial charge is 0.240 e. The Balaban J connectivity index is 4.74. The summed E-state index contributed by atoms with van der Waals surface area (Å²) >= 11 is 0.619. The van der Waals surface area contributed by atoms with E-state index in [-0.39, 0.29) is 16.3 Å². The Labute approximate surface area is 94.9 Å². The summed E-state index contributed by atoms with van der Waals surface area (Å²) in [6.07, 6.45) is 0. The lowest BCUT2D eigenvalue weighted by Gasteiger charge is -2.26. The maximum Gasteiger partial charge on any atom is 0.240 e. The summed E-state index contributed by atoms with van der Waals surface area (Å²) < 4.78 is -0.352. The molecule has 3 heteroatoms. The highest BCUT2D eigenvalue weighted by Crippen LogP contribution is 2.28. The Morgan fingerprint density at radius 2 is 1.07 bits per heavy atom. The fourth-order valence-electron chi connectivity index (χ4n) is 1.42. The molecule has 14 heavy (non-hydrogen) atoms. The van der Waals surface area contributed by atoms with Crippen LogP contribution in [0.3, 0.4) is 0 Å². The topological polar surface area (TPSA) is 34.1 Å². The highest BCUT2D eigenvalue weighted by Gasteiger charge is 2.35. The molecule has 0 amide bonds. The third kappa shape index (κ3) is 3.55. The molecular weight excluding hydrogens is 191 g/mol. The Hall–Kier alpha value is -0.128. The molecule has 0 aromatic heterocycles. The van der Waals surface area contributed by atoms with E-state index >= 15 is 0 Å². The van der Waals surface area contributed by atoms with Gasteiger partial charge in [0.25, 0.3) is 0 Å². The number of hydrogen-bond acceptors (Lipinski definition) is 2. The average Bonchev–Trinajstić information content (AvgIpc) is 1.97. The second-order valence-electron chi connectivity index (χ2n) is 5.95. The van der Waals surface area contributed by atoms with Crippen LogP contribution in [0, 0.1) is 10.8 Å². The number of carbonyl (C=O) groups excluding carboxylic acids is 2. The molecule has 0 fully saturated rings. The monoisotopic (exact) mass is 212 g/mol. The van der Waals surface area contributed by atoms with Gasteiger partial charge in [-0.3, -0.25) is 9.59 Å². The quantitative estimate of drug-likeness (QED) is 0.515. The van der Waals surface area contributed by atoms with Gasteiger partial charge in [-0.1, -0.05) is 41.5 Å². The van der Waals surface area contributed by atoms with Gasteiger partial charge < -0.3 is 0 Å². The van der Waals surface area contributed by atoms with Crippen LogP contribution in [0.2, 0.25) is 4.78 Å². The van der Waals surface area contributed by atoms with Gasteiger partial charge in [-0.15, -0.1) is 0 Å². The van der Waals surface area contributed by atoms with Gasteiger partial charge in [0.1, 0.15) is 11.6 Å². The number of carbonyl (C=O) groups is 2. The molecule has 0 radical (unpaired) electrons. The number of hydrogen-bond donors (Lipinski definition) is 0. The second-order valence-corrected chi connectivity index (χ2v) is 7.10. The normalized spacial score (nSPS) is 13.1. The number of rotatable bonds is 2. The van der Waals surface area contributed by atoms with Gasteiger partial charge in [-0.2, -0.15) is 0 Å². The molecule has 0 aromatic rings. The van der Waals surface area contributed by atoms with Crippen molar-refractivity contribution in [3.63, 3.8) is 0 Å². The van der Waals surface area contributed by atoms with Crippen LogP contribution in [0.25, 0.3) is 0 Å². The summed E-state index contributed by atoms with van der Waals surface area (Å²) in [4.78, 5) is 23.7. The Kier molecular flexibility index (Phi) is 4.13. The van der Waals surface area contributed by atoms with E-state index in [1.54, 1.807) is 0 Å². The molecule has 0 saturated carbocycles. The summed E-state index contributed by atoms with van der Waals surface area (Å²) in [5, 5.41) is 0. The van der Waals surface area contributed by atoms with E-state index in [4.69, 9.17) is 0 Å². The zero-order valence-electron chi connectivity index (χ0n) is 10.4. The van der Waals surface area contributed by atoms with Gasteiger partial charge >= 0.3 is 0 Å². The summed E-state index contributed by atoms with van der Waals surface area (Å²) in [5.41, 5.74) is -0.791. The fourth-order valence-corrected chi connectivity index (χ4v) is 3.15. The molecule has 0 spiro atoms. The van der Waals surface area contributed by atoms with Crippen molar-refractivity contribution in [1.29, 1.82) is 0 Å². The van der Waals surface area contributed by atoms with Crippen LogP contribution in [0.5, 0.6) is 0 Å². The minimum absolute atomic E-state index is 0.0871. The molecule has 0 aliphatic rings. The van der Waals surface area contributed by atoms with E-state index in [2.05, 4.69) is 0 Å². The largest absolute Gasteiger partial charge is 0.300 e. The maximum atomic E-state index is 11.9. The number of ketones is 2. The second kappa shape index (κ2) is 4.16. The van der Waals surface area contributed by atoms with Crippen molar-refractivity contribution in [3.05, 3.63) is 0 Å². The fraction of sp³-hybridized carbons (Fsp3) is 0.818. The molecular formula is C11H21AlO2. The highest BCUT2D eigenvalue weighted by molar-refractivity contribution is 6.38.